The van der Waals surface area contributed by atoms with Gasteiger partial charge < -0.3 is 15.0 Å². The van der Waals surface area contributed by atoms with Gasteiger partial charge in [0.15, 0.2) is 5.82 Å². The Labute approximate surface area is 282 Å². The van der Waals surface area contributed by atoms with Crippen molar-refractivity contribution in [1.29, 1.82) is 0 Å². The van der Waals surface area contributed by atoms with Crippen molar-refractivity contribution in [2.45, 2.75) is 18.6 Å². The Morgan fingerprint density at radius 1 is 1.00 bits per heavy atom. The molecule has 1 unspecified atom stereocenters. The van der Waals surface area contributed by atoms with Crippen LogP contribution in [0.4, 0.5) is 24.5 Å². The average molecular weight is 698 g/mol. The second kappa shape index (κ2) is 13.5. The van der Waals surface area contributed by atoms with E-state index in [4.69, 9.17) is 5.11 Å². The van der Waals surface area contributed by atoms with Gasteiger partial charge in [-0.05, 0) is 42.3 Å². The maximum Gasteiger partial charge on any atom is 0.317 e. The number of alkyl halides is 1. The monoisotopic (exact) mass is 697 g/mol. The SMILES string of the molecule is O=C(O)CN1CC(N2CCN(c3ccc(-c4cnc5[nH]cc(C(=O)c6c(F)ccc(N(N7CC[C@@H](F)C7)S(=O)O)c6F)c5c4)cc3)CC2)C1. The second-order valence-electron chi connectivity index (χ2n) is 12.5. The zero-order valence-electron chi connectivity index (χ0n) is 26.3. The molecule has 0 amide bonds. The third-order valence-electron chi connectivity index (χ3n) is 9.49. The van der Waals surface area contributed by atoms with Crippen molar-refractivity contribution in [2.75, 3.05) is 68.2 Å². The van der Waals surface area contributed by atoms with E-state index in [1.165, 1.54) is 6.20 Å². The van der Waals surface area contributed by atoms with Crippen molar-refractivity contribution in [1.82, 2.24) is 24.8 Å². The summed E-state index contributed by atoms with van der Waals surface area (Å²) in [5.41, 5.74) is 1.42. The van der Waals surface area contributed by atoms with Crippen molar-refractivity contribution in [3.63, 3.8) is 0 Å². The molecule has 3 aliphatic heterocycles. The summed E-state index contributed by atoms with van der Waals surface area (Å²) in [6, 6.07) is 11.8. The molecule has 3 aliphatic rings. The molecule has 3 fully saturated rings. The van der Waals surface area contributed by atoms with Gasteiger partial charge in [0, 0.05) is 86.4 Å². The van der Waals surface area contributed by atoms with Gasteiger partial charge in [0.05, 0.1) is 18.7 Å². The van der Waals surface area contributed by atoms with Crippen molar-refractivity contribution < 1.29 is 36.6 Å². The zero-order chi connectivity index (χ0) is 34.4. The lowest BCUT2D eigenvalue weighted by Crippen LogP contribution is -2.63. The number of pyridine rings is 1. The number of carbonyl (C=O) groups excluding carboxylic acids is 1. The predicted octanol–water partition coefficient (Wildman–Crippen LogP) is 3.53. The molecule has 3 N–H and O–H groups in total. The first-order valence-electron chi connectivity index (χ1n) is 15.9. The summed E-state index contributed by atoms with van der Waals surface area (Å²) in [5, 5.41) is 10.5. The number of carboxylic acid groups (broad SMARTS) is 1. The van der Waals surface area contributed by atoms with Crippen LogP contribution in [-0.2, 0) is 16.1 Å². The lowest BCUT2D eigenvalue weighted by Gasteiger charge is -2.48. The number of aromatic nitrogens is 2. The molecule has 5 heterocycles. The van der Waals surface area contributed by atoms with E-state index in [0.29, 0.717) is 27.1 Å². The maximum absolute atomic E-state index is 15.9. The molecule has 0 saturated carbocycles. The first-order valence-corrected chi connectivity index (χ1v) is 17.0. The molecule has 4 aromatic rings. The molecule has 49 heavy (non-hydrogen) atoms. The van der Waals surface area contributed by atoms with E-state index in [9.17, 15) is 22.7 Å². The van der Waals surface area contributed by atoms with Crippen LogP contribution in [-0.4, -0.2) is 122 Å². The highest BCUT2D eigenvalue weighted by atomic mass is 32.2. The van der Waals surface area contributed by atoms with Gasteiger partial charge in [0.25, 0.3) is 11.3 Å². The second-order valence-corrected chi connectivity index (χ2v) is 13.3. The summed E-state index contributed by atoms with van der Waals surface area (Å²) < 4.78 is 67.6. The van der Waals surface area contributed by atoms with Gasteiger partial charge in [-0.2, -0.15) is 4.41 Å². The number of carbonyl (C=O) groups is 2. The lowest BCUT2D eigenvalue weighted by molar-refractivity contribution is -0.140. The number of hydrogen-bond acceptors (Lipinski definition) is 8. The van der Waals surface area contributed by atoms with Gasteiger partial charge in [-0.1, -0.05) is 12.1 Å². The number of hydrogen-bond donors (Lipinski definition) is 3. The average Bonchev–Trinajstić information content (AvgIpc) is 3.69. The molecule has 0 radical (unpaired) electrons. The molecule has 2 aromatic carbocycles. The number of nitrogens with one attached hydrogen (secondary N) is 1. The predicted molar refractivity (Wildman–Crippen MR) is 177 cm³/mol. The number of aromatic amines is 1. The molecular weight excluding hydrogens is 663 g/mol. The largest absolute Gasteiger partial charge is 0.480 e. The van der Waals surface area contributed by atoms with E-state index >= 15 is 8.78 Å². The number of ketones is 1. The van der Waals surface area contributed by atoms with Crippen LogP contribution in [0.2, 0.25) is 0 Å². The molecule has 16 heteroatoms. The summed E-state index contributed by atoms with van der Waals surface area (Å²) in [5.74, 6) is -4.28. The minimum Gasteiger partial charge on any atom is -0.480 e. The normalized spacial score (nSPS) is 20.1. The molecule has 3 saturated heterocycles. The number of carboxylic acids is 1. The molecule has 2 aromatic heterocycles. The number of fused-ring (bicyclic) bond motifs is 1. The molecule has 0 aliphatic carbocycles. The first-order chi connectivity index (χ1) is 23.6. The third kappa shape index (κ3) is 6.53. The third-order valence-corrected chi connectivity index (χ3v) is 10.2. The maximum atomic E-state index is 15.9. The fourth-order valence-electron chi connectivity index (χ4n) is 6.89. The number of benzene rings is 2. The van der Waals surface area contributed by atoms with Crippen LogP contribution >= 0.6 is 0 Å². The standard InChI is InChI=1S/C33H34F3N7O5S/c34-22-7-8-42(16-22)43(49(47)48)28-6-5-27(35)30(31(28)36)32(46)26-15-38-33-25(26)13-21(14-37-33)20-1-3-23(4-2-20)40-9-11-41(12-10-40)24-17-39(18-24)19-29(44)45/h1-6,13-15,22,24H,7-12,16-19H2,(H,37,38)(H,44,45)(H,47,48)/t22-/m1/s1. The minimum atomic E-state index is -2.81. The van der Waals surface area contributed by atoms with Gasteiger partial charge in [0.1, 0.15) is 23.3 Å². The lowest BCUT2D eigenvalue weighted by atomic mass is 9.99. The number of likely N-dealkylation sites (tertiary alicyclic amines) is 1. The van der Waals surface area contributed by atoms with Crippen LogP contribution in [0.3, 0.4) is 0 Å². The summed E-state index contributed by atoms with van der Waals surface area (Å²) in [4.78, 5) is 38.6. The molecular formula is C33H34F3N7O5S. The zero-order valence-corrected chi connectivity index (χ0v) is 27.1. The molecule has 0 spiro atoms. The number of H-pyrrole nitrogens is 1. The van der Waals surface area contributed by atoms with Gasteiger partial charge in [-0.15, -0.1) is 0 Å². The van der Waals surface area contributed by atoms with E-state index in [2.05, 4.69) is 19.8 Å². The highest BCUT2D eigenvalue weighted by Gasteiger charge is 2.35. The smallest absolute Gasteiger partial charge is 0.317 e. The van der Waals surface area contributed by atoms with E-state index < -0.39 is 52.1 Å². The van der Waals surface area contributed by atoms with E-state index in [0.717, 1.165) is 67.7 Å². The van der Waals surface area contributed by atoms with Crippen LogP contribution < -0.4 is 9.31 Å². The van der Waals surface area contributed by atoms with Gasteiger partial charge in [0.2, 0.25) is 5.78 Å². The fourth-order valence-corrected chi connectivity index (χ4v) is 7.54. The number of halogens is 3. The number of piperazine rings is 1. The fraction of sp³-hybridized carbons (Fsp3) is 0.364. The summed E-state index contributed by atoms with van der Waals surface area (Å²) in [6.07, 6.45) is 1.75. The molecule has 258 valence electrons. The van der Waals surface area contributed by atoms with Crippen LogP contribution in [0.15, 0.2) is 54.9 Å². The Balaban J connectivity index is 1.08. The number of nitrogens with zero attached hydrogens (tertiary/aromatic N) is 6. The summed E-state index contributed by atoms with van der Waals surface area (Å²) in [6.45, 7) is 4.86. The van der Waals surface area contributed by atoms with Crippen LogP contribution in [0.5, 0.6) is 0 Å². The van der Waals surface area contributed by atoms with Crippen molar-refractivity contribution >= 4 is 45.4 Å². The van der Waals surface area contributed by atoms with Crippen LogP contribution in [0.1, 0.15) is 22.3 Å². The molecule has 12 nitrogen and oxygen atoms in total. The Kier molecular flexibility index (Phi) is 9.15. The molecule has 2 atom stereocenters. The quantitative estimate of drug-likeness (QED) is 0.167. The Bertz CT molecular complexity index is 1910. The number of anilines is 2. The van der Waals surface area contributed by atoms with Gasteiger partial charge in [-0.3, -0.25) is 23.9 Å². The van der Waals surface area contributed by atoms with Gasteiger partial charge in [-0.25, -0.2) is 27.4 Å². The van der Waals surface area contributed by atoms with Crippen molar-refractivity contribution in [2.24, 2.45) is 0 Å². The van der Waals surface area contributed by atoms with Crippen molar-refractivity contribution in [3.05, 3.63) is 77.6 Å². The Morgan fingerprint density at radius 2 is 1.73 bits per heavy atom. The van der Waals surface area contributed by atoms with Crippen LogP contribution in [0.25, 0.3) is 22.2 Å². The Hall–Kier alpha value is -4.35. The topological polar surface area (TPSA) is 137 Å². The highest BCUT2D eigenvalue weighted by Crippen LogP contribution is 2.33. The van der Waals surface area contributed by atoms with Gasteiger partial charge >= 0.3 is 5.97 Å². The van der Waals surface area contributed by atoms with Crippen LogP contribution in [0, 0.1) is 11.6 Å². The number of rotatable bonds is 10. The van der Waals surface area contributed by atoms with E-state index in [1.54, 1.807) is 12.3 Å². The first kappa shape index (κ1) is 33.2. The Morgan fingerprint density at radius 3 is 2.39 bits per heavy atom. The minimum absolute atomic E-state index is 0.0343. The van der Waals surface area contributed by atoms with E-state index in [1.807, 2.05) is 29.2 Å². The number of hydrazine groups is 1. The summed E-state index contributed by atoms with van der Waals surface area (Å²) in [7, 11) is 0. The molecule has 0 bridgehead atoms. The summed E-state index contributed by atoms with van der Waals surface area (Å²) >= 11 is -2.81. The number of aliphatic carboxylic acids is 1. The van der Waals surface area contributed by atoms with E-state index in [-0.39, 0.29) is 31.6 Å². The highest BCUT2D eigenvalue weighted by molar-refractivity contribution is 7.80. The molecule has 7 rings (SSSR count). The van der Waals surface area contributed by atoms with Crippen molar-refractivity contribution in [3.8, 4) is 11.1 Å².